The molecule has 0 saturated carbocycles. The van der Waals surface area contributed by atoms with Gasteiger partial charge in [-0.3, -0.25) is 23.7 Å². The van der Waals surface area contributed by atoms with Gasteiger partial charge in [-0.05, 0) is 13.5 Å². The average molecular weight is 348 g/mol. The minimum atomic E-state index is -0.289. The fraction of sp³-hybridized carbons (Fsp3) is 0.625. The van der Waals surface area contributed by atoms with E-state index in [1.807, 2.05) is 7.05 Å². The highest BCUT2D eigenvalue weighted by Crippen LogP contribution is 2.17. The lowest BCUT2D eigenvalue weighted by atomic mass is 10.2. The number of likely N-dealkylation sites (tertiary alicyclic amines) is 1. The fourth-order valence-corrected chi connectivity index (χ4v) is 3.23. The molecule has 1 atom stereocenters. The normalized spacial score (nSPS) is 18.4. The van der Waals surface area contributed by atoms with E-state index >= 15 is 0 Å². The Morgan fingerprint density at radius 1 is 1.32 bits per heavy atom. The van der Waals surface area contributed by atoms with E-state index in [0.717, 1.165) is 29.8 Å². The van der Waals surface area contributed by atoms with Crippen molar-refractivity contribution >= 4 is 0 Å². The van der Waals surface area contributed by atoms with Gasteiger partial charge in [0.1, 0.15) is 0 Å². The molecule has 1 aliphatic rings. The number of nitrogens with zero attached hydrogens (tertiary/aromatic N) is 6. The van der Waals surface area contributed by atoms with E-state index in [1.54, 1.807) is 24.6 Å². The minimum Gasteiger partial charge on any atom is -0.340 e. The molecule has 2 aromatic heterocycles. The Balaban J connectivity index is 1.63. The minimum absolute atomic E-state index is 0.265. The molecule has 0 spiro atoms. The lowest BCUT2D eigenvalue weighted by Crippen LogP contribution is -2.40. The summed E-state index contributed by atoms with van der Waals surface area (Å²) in [5.74, 6) is 1.26. The van der Waals surface area contributed by atoms with E-state index in [2.05, 4.69) is 19.9 Å². The Morgan fingerprint density at radius 3 is 2.76 bits per heavy atom. The molecule has 0 amide bonds. The number of rotatable bonds is 5. The van der Waals surface area contributed by atoms with Crippen molar-refractivity contribution in [2.75, 3.05) is 20.1 Å². The van der Waals surface area contributed by atoms with Gasteiger partial charge in [-0.1, -0.05) is 5.16 Å². The van der Waals surface area contributed by atoms with Crippen molar-refractivity contribution in [2.45, 2.75) is 32.5 Å². The second-order valence-corrected chi connectivity index (χ2v) is 6.70. The van der Waals surface area contributed by atoms with Gasteiger partial charge in [-0.15, -0.1) is 0 Å². The predicted molar refractivity (Wildman–Crippen MR) is 91.1 cm³/mol. The summed E-state index contributed by atoms with van der Waals surface area (Å²) in [4.78, 5) is 32.6. The van der Waals surface area contributed by atoms with Crippen molar-refractivity contribution in [3.05, 3.63) is 44.3 Å². The molecule has 0 bridgehead atoms. The standard InChI is InChI=1S/C16H24N6O3/c1-11-17-14(18-25-11)10-19(2)12-5-6-22(8-12)9-13-7-15(23)21(4)16(24)20(13)3/h7,12H,5-6,8-10H2,1-4H3. The maximum atomic E-state index is 12.0. The third-order valence-electron chi connectivity index (χ3n) is 4.84. The number of aromatic nitrogens is 4. The smallest absolute Gasteiger partial charge is 0.330 e. The highest BCUT2D eigenvalue weighted by atomic mass is 16.5. The van der Waals surface area contributed by atoms with Crippen molar-refractivity contribution in [2.24, 2.45) is 14.1 Å². The molecule has 2 aromatic rings. The highest BCUT2D eigenvalue weighted by molar-refractivity contribution is 5.03. The number of aryl methyl sites for hydroxylation is 1. The molecule has 1 unspecified atom stereocenters. The zero-order chi connectivity index (χ0) is 18.1. The van der Waals surface area contributed by atoms with Crippen LogP contribution in [-0.4, -0.2) is 55.3 Å². The zero-order valence-electron chi connectivity index (χ0n) is 15.1. The third kappa shape index (κ3) is 3.72. The van der Waals surface area contributed by atoms with E-state index in [1.165, 1.54) is 7.05 Å². The summed E-state index contributed by atoms with van der Waals surface area (Å²) < 4.78 is 7.68. The van der Waals surface area contributed by atoms with Crippen LogP contribution in [0.25, 0.3) is 0 Å². The van der Waals surface area contributed by atoms with Gasteiger partial charge in [0.25, 0.3) is 5.56 Å². The van der Waals surface area contributed by atoms with Crippen molar-refractivity contribution in [1.29, 1.82) is 0 Å². The summed E-state index contributed by atoms with van der Waals surface area (Å²) in [6.07, 6.45) is 1.02. The topological polar surface area (TPSA) is 89.4 Å². The second-order valence-electron chi connectivity index (χ2n) is 6.70. The van der Waals surface area contributed by atoms with Crippen LogP contribution in [0.5, 0.6) is 0 Å². The van der Waals surface area contributed by atoms with E-state index in [9.17, 15) is 9.59 Å². The summed E-state index contributed by atoms with van der Waals surface area (Å²) in [6, 6.07) is 1.92. The van der Waals surface area contributed by atoms with E-state index in [-0.39, 0.29) is 11.2 Å². The molecule has 136 valence electrons. The maximum Gasteiger partial charge on any atom is 0.330 e. The Labute approximate surface area is 145 Å². The van der Waals surface area contributed by atoms with Crippen LogP contribution in [0.1, 0.15) is 23.8 Å². The summed E-state index contributed by atoms with van der Waals surface area (Å²) in [6.45, 7) is 4.80. The number of hydrogen-bond donors (Lipinski definition) is 0. The van der Waals surface area contributed by atoms with Gasteiger partial charge in [-0.25, -0.2) is 4.79 Å². The van der Waals surface area contributed by atoms with Crippen LogP contribution < -0.4 is 11.2 Å². The monoisotopic (exact) mass is 348 g/mol. The Morgan fingerprint density at radius 2 is 2.08 bits per heavy atom. The summed E-state index contributed by atoms with van der Waals surface area (Å²) in [5, 5.41) is 3.94. The van der Waals surface area contributed by atoms with Gasteiger partial charge in [0.15, 0.2) is 5.82 Å². The summed E-state index contributed by atoms with van der Waals surface area (Å²) in [5.41, 5.74) is 0.187. The molecular formula is C16H24N6O3. The molecule has 0 N–H and O–H groups in total. The summed E-state index contributed by atoms with van der Waals surface area (Å²) >= 11 is 0. The van der Waals surface area contributed by atoms with E-state index in [0.29, 0.717) is 30.8 Å². The molecule has 0 aliphatic carbocycles. The molecule has 9 nitrogen and oxygen atoms in total. The molecule has 3 rings (SSSR count). The van der Waals surface area contributed by atoms with E-state index < -0.39 is 0 Å². The first-order valence-electron chi connectivity index (χ1n) is 8.33. The summed E-state index contributed by atoms with van der Waals surface area (Å²) in [7, 11) is 5.25. The van der Waals surface area contributed by atoms with Gasteiger partial charge < -0.3 is 4.52 Å². The average Bonchev–Trinajstić information content (AvgIpc) is 3.19. The van der Waals surface area contributed by atoms with Crippen LogP contribution in [0.3, 0.4) is 0 Å². The zero-order valence-corrected chi connectivity index (χ0v) is 15.1. The van der Waals surface area contributed by atoms with Crippen LogP contribution in [0.15, 0.2) is 20.2 Å². The van der Waals surface area contributed by atoms with Crippen LogP contribution >= 0.6 is 0 Å². The van der Waals surface area contributed by atoms with Crippen molar-refractivity contribution in [3.63, 3.8) is 0 Å². The first-order chi connectivity index (χ1) is 11.8. The lowest BCUT2D eigenvalue weighted by molar-refractivity contribution is 0.214. The molecule has 9 heteroatoms. The Kier molecular flexibility index (Phi) is 4.87. The number of hydrogen-bond acceptors (Lipinski definition) is 7. The predicted octanol–water partition coefficient (Wildman–Crippen LogP) is -0.518. The van der Waals surface area contributed by atoms with Crippen molar-refractivity contribution in [3.8, 4) is 0 Å². The molecule has 0 radical (unpaired) electrons. The van der Waals surface area contributed by atoms with Crippen LogP contribution in [0.2, 0.25) is 0 Å². The van der Waals surface area contributed by atoms with Crippen LogP contribution in [0, 0.1) is 6.92 Å². The molecule has 25 heavy (non-hydrogen) atoms. The largest absolute Gasteiger partial charge is 0.340 e. The molecule has 1 saturated heterocycles. The second kappa shape index (κ2) is 6.93. The molecular weight excluding hydrogens is 324 g/mol. The lowest BCUT2D eigenvalue weighted by Gasteiger charge is -2.23. The van der Waals surface area contributed by atoms with Gasteiger partial charge in [0, 0.05) is 58.5 Å². The number of likely N-dealkylation sites (N-methyl/N-ethyl adjacent to an activating group) is 1. The Hall–Kier alpha value is -2.26. The quantitative estimate of drug-likeness (QED) is 0.718. The van der Waals surface area contributed by atoms with Gasteiger partial charge >= 0.3 is 5.69 Å². The van der Waals surface area contributed by atoms with Crippen molar-refractivity contribution in [1.82, 2.24) is 29.1 Å². The molecule has 1 fully saturated rings. The van der Waals surface area contributed by atoms with Gasteiger partial charge in [0.2, 0.25) is 5.89 Å². The van der Waals surface area contributed by atoms with E-state index in [4.69, 9.17) is 4.52 Å². The van der Waals surface area contributed by atoms with Crippen molar-refractivity contribution < 1.29 is 4.52 Å². The molecule has 1 aliphatic heterocycles. The molecule has 0 aromatic carbocycles. The Bertz CT molecular complexity index is 867. The van der Waals surface area contributed by atoms with Gasteiger partial charge in [-0.2, -0.15) is 4.98 Å². The molecule has 3 heterocycles. The maximum absolute atomic E-state index is 12.0. The highest BCUT2D eigenvalue weighted by Gasteiger charge is 2.27. The SMILES string of the molecule is Cc1nc(CN(C)C2CCN(Cc3cc(=O)n(C)c(=O)n3C)C2)no1. The van der Waals surface area contributed by atoms with Gasteiger partial charge in [0.05, 0.1) is 6.54 Å². The van der Waals surface area contributed by atoms with Crippen LogP contribution in [0.4, 0.5) is 0 Å². The van der Waals surface area contributed by atoms with Crippen LogP contribution in [-0.2, 0) is 27.2 Å². The first kappa shape index (κ1) is 17.6. The fourth-order valence-electron chi connectivity index (χ4n) is 3.23. The third-order valence-corrected chi connectivity index (χ3v) is 4.84. The first-order valence-corrected chi connectivity index (χ1v) is 8.33.